The monoisotopic (exact) mass is 360 g/mol. The molecule has 0 saturated carbocycles. The lowest BCUT2D eigenvalue weighted by molar-refractivity contribution is -0.114. The minimum atomic E-state index is -3.88. The Morgan fingerprint density at radius 1 is 1.53 bits per heavy atom. The number of nitrogens with zero attached hydrogens (tertiary/aromatic N) is 1. The van der Waals surface area contributed by atoms with Crippen molar-refractivity contribution in [2.75, 3.05) is 5.32 Å². The molecule has 1 aromatic rings. The van der Waals surface area contributed by atoms with Crippen molar-refractivity contribution in [3.8, 4) is 0 Å². The van der Waals surface area contributed by atoms with E-state index in [0.717, 1.165) is 0 Å². The van der Waals surface area contributed by atoms with Crippen LogP contribution in [0, 0.1) is 3.70 Å². The number of hydrogen-bond acceptors (Lipinski definition) is 4. The average Bonchev–Trinajstić information content (AvgIpc) is 1.99. The molecule has 5 nitrogen and oxygen atoms in total. The average molecular weight is 361 g/mol. The molecule has 0 aliphatic heterocycles. The van der Waals surface area contributed by atoms with Crippen molar-refractivity contribution in [2.45, 2.75) is 11.9 Å². The Kier molecular flexibility index (Phi) is 3.90. The van der Waals surface area contributed by atoms with E-state index in [2.05, 4.69) is 10.3 Å². The van der Waals surface area contributed by atoms with Crippen LogP contribution in [0.25, 0.3) is 0 Å². The summed E-state index contributed by atoms with van der Waals surface area (Å²) in [6.45, 7) is 1.32. The molecule has 0 aliphatic rings. The summed E-state index contributed by atoms with van der Waals surface area (Å²) in [5.74, 6) is -0.296. The summed E-state index contributed by atoms with van der Waals surface area (Å²) in [6, 6.07) is 2.74. The fraction of sp³-hybridized carbons (Fsp3) is 0.143. The number of amides is 1. The lowest BCUT2D eigenvalue weighted by atomic mass is 10.4. The Hall–Kier alpha value is -0.410. The van der Waals surface area contributed by atoms with Crippen molar-refractivity contribution < 1.29 is 13.2 Å². The van der Waals surface area contributed by atoms with E-state index >= 15 is 0 Å². The molecule has 0 radical (unpaired) electrons. The van der Waals surface area contributed by atoms with Crippen molar-refractivity contribution in [3.05, 3.63) is 15.8 Å². The number of aromatic nitrogens is 1. The Morgan fingerprint density at radius 3 is 2.60 bits per heavy atom. The van der Waals surface area contributed by atoms with Crippen LogP contribution in [0.1, 0.15) is 6.92 Å². The van der Waals surface area contributed by atoms with Gasteiger partial charge in [-0.1, -0.05) is 0 Å². The molecule has 0 unspecified atom stereocenters. The largest absolute Gasteiger partial charge is 0.326 e. The molecule has 0 atom stereocenters. The molecule has 1 heterocycles. The highest BCUT2D eigenvalue weighted by atomic mass is 127. The van der Waals surface area contributed by atoms with Crippen LogP contribution < -0.4 is 5.32 Å². The molecule has 0 saturated heterocycles. The van der Waals surface area contributed by atoms with Gasteiger partial charge >= 0.3 is 0 Å². The standard InChI is InChI=1S/C7H6ClIN2O3S/c1-4(12)10-5-2-6(9)11-7(3-5)15(8,13)14/h2-3H,1H3,(H,10,11,12). The van der Waals surface area contributed by atoms with E-state index in [1.165, 1.54) is 19.1 Å². The fourth-order valence-electron chi connectivity index (χ4n) is 0.873. The number of rotatable bonds is 2. The Bertz CT molecular complexity index is 503. The van der Waals surface area contributed by atoms with Gasteiger partial charge in [-0.05, 0) is 28.7 Å². The summed E-state index contributed by atoms with van der Waals surface area (Å²) in [5, 5.41) is 2.17. The zero-order valence-corrected chi connectivity index (χ0v) is 11.2. The van der Waals surface area contributed by atoms with Gasteiger partial charge in [-0.15, -0.1) is 0 Å². The number of carbonyl (C=O) groups is 1. The van der Waals surface area contributed by atoms with Gasteiger partial charge in [-0.3, -0.25) is 4.79 Å². The second-order valence-electron chi connectivity index (χ2n) is 2.64. The normalized spacial score (nSPS) is 11.1. The number of hydrogen-bond donors (Lipinski definition) is 1. The Morgan fingerprint density at radius 2 is 2.13 bits per heavy atom. The Labute approximate surface area is 105 Å². The zero-order valence-electron chi connectivity index (χ0n) is 7.49. The van der Waals surface area contributed by atoms with Gasteiger partial charge in [0, 0.05) is 29.4 Å². The molecule has 1 N–H and O–H groups in total. The first-order valence-corrected chi connectivity index (χ1v) is 7.07. The van der Waals surface area contributed by atoms with E-state index in [1.807, 2.05) is 22.6 Å². The summed E-state index contributed by atoms with van der Waals surface area (Å²) in [6.07, 6.45) is 0. The third-order valence-corrected chi connectivity index (χ3v) is 3.08. The quantitative estimate of drug-likeness (QED) is 0.493. The molecule has 1 aromatic heterocycles. The summed E-state index contributed by atoms with van der Waals surface area (Å²) < 4.78 is 22.4. The second kappa shape index (κ2) is 4.62. The summed E-state index contributed by atoms with van der Waals surface area (Å²) >= 11 is 1.83. The zero-order chi connectivity index (χ0) is 11.6. The van der Waals surface area contributed by atoms with E-state index in [1.54, 1.807) is 0 Å². The van der Waals surface area contributed by atoms with Crippen LogP contribution in [-0.4, -0.2) is 19.3 Å². The van der Waals surface area contributed by atoms with Gasteiger partial charge in [0.25, 0.3) is 9.05 Å². The minimum absolute atomic E-state index is 0.278. The number of halogens is 2. The van der Waals surface area contributed by atoms with E-state index in [0.29, 0.717) is 9.39 Å². The van der Waals surface area contributed by atoms with Crippen molar-refractivity contribution in [1.29, 1.82) is 0 Å². The van der Waals surface area contributed by atoms with Gasteiger partial charge < -0.3 is 5.32 Å². The first kappa shape index (κ1) is 12.7. The SMILES string of the molecule is CC(=O)Nc1cc(I)nc(S(=O)(=O)Cl)c1. The first-order chi connectivity index (χ1) is 6.79. The van der Waals surface area contributed by atoms with Crippen LogP contribution in [0.3, 0.4) is 0 Å². The summed E-state index contributed by atoms with van der Waals surface area (Å²) in [7, 11) is 1.25. The van der Waals surface area contributed by atoms with Crippen LogP contribution in [0.4, 0.5) is 5.69 Å². The third kappa shape index (κ3) is 3.92. The summed E-state index contributed by atoms with van der Waals surface area (Å²) in [5.41, 5.74) is 0.348. The first-order valence-electron chi connectivity index (χ1n) is 3.69. The van der Waals surface area contributed by atoms with Crippen molar-refractivity contribution in [3.63, 3.8) is 0 Å². The molecule has 1 rings (SSSR count). The number of pyridine rings is 1. The number of carbonyl (C=O) groups excluding carboxylic acids is 1. The molecule has 8 heteroatoms. The van der Waals surface area contributed by atoms with Crippen LogP contribution in [0.5, 0.6) is 0 Å². The van der Waals surface area contributed by atoms with Crippen LogP contribution in [0.2, 0.25) is 0 Å². The van der Waals surface area contributed by atoms with Gasteiger partial charge in [0.15, 0.2) is 5.03 Å². The maximum Gasteiger partial charge on any atom is 0.278 e. The van der Waals surface area contributed by atoms with Gasteiger partial charge in [-0.25, -0.2) is 13.4 Å². The molecular formula is C7H6ClIN2O3S. The van der Waals surface area contributed by atoms with Gasteiger partial charge in [0.05, 0.1) is 0 Å². The smallest absolute Gasteiger partial charge is 0.278 e. The lowest BCUT2D eigenvalue weighted by Crippen LogP contribution is -2.07. The molecule has 82 valence electrons. The minimum Gasteiger partial charge on any atom is -0.326 e. The number of nitrogens with one attached hydrogen (secondary N) is 1. The molecule has 0 fully saturated rings. The van der Waals surface area contributed by atoms with Gasteiger partial charge in [-0.2, -0.15) is 0 Å². The van der Waals surface area contributed by atoms with E-state index in [4.69, 9.17) is 10.7 Å². The van der Waals surface area contributed by atoms with Crippen molar-refractivity contribution in [1.82, 2.24) is 4.98 Å². The summed E-state index contributed by atoms with van der Waals surface area (Å²) in [4.78, 5) is 14.5. The highest BCUT2D eigenvalue weighted by Gasteiger charge is 2.14. The molecule has 0 bridgehead atoms. The Balaban J connectivity index is 3.23. The highest BCUT2D eigenvalue weighted by molar-refractivity contribution is 14.1. The number of anilines is 1. The van der Waals surface area contributed by atoms with Crippen LogP contribution in [-0.2, 0) is 13.8 Å². The van der Waals surface area contributed by atoms with Crippen molar-refractivity contribution >= 4 is 53.9 Å². The molecule has 15 heavy (non-hydrogen) atoms. The molecule has 0 aromatic carbocycles. The molecule has 1 amide bonds. The third-order valence-electron chi connectivity index (χ3n) is 1.34. The topological polar surface area (TPSA) is 76.1 Å². The fourth-order valence-corrected chi connectivity index (χ4v) is 2.34. The van der Waals surface area contributed by atoms with Crippen LogP contribution >= 0.6 is 33.3 Å². The molecule has 0 spiro atoms. The van der Waals surface area contributed by atoms with Gasteiger partial charge in [0.2, 0.25) is 5.91 Å². The second-order valence-corrected chi connectivity index (χ2v) is 6.25. The predicted molar refractivity (Wildman–Crippen MR) is 64.3 cm³/mol. The van der Waals surface area contributed by atoms with Gasteiger partial charge in [0.1, 0.15) is 3.70 Å². The van der Waals surface area contributed by atoms with Crippen molar-refractivity contribution in [2.24, 2.45) is 0 Å². The predicted octanol–water partition coefficient (Wildman–Crippen LogP) is 1.57. The highest BCUT2D eigenvalue weighted by Crippen LogP contribution is 2.19. The van der Waals surface area contributed by atoms with E-state index in [-0.39, 0.29) is 10.9 Å². The molecule has 0 aliphatic carbocycles. The maximum absolute atomic E-state index is 11.0. The lowest BCUT2D eigenvalue weighted by Gasteiger charge is -2.04. The van der Waals surface area contributed by atoms with E-state index in [9.17, 15) is 13.2 Å². The van der Waals surface area contributed by atoms with E-state index < -0.39 is 9.05 Å². The van der Waals surface area contributed by atoms with Crippen LogP contribution in [0.15, 0.2) is 17.2 Å². The molecular weight excluding hydrogens is 355 g/mol. The maximum atomic E-state index is 11.0.